The van der Waals surface area contributed by atoms with Gasteiger partial charge in [0.05, 0.1) is 12.6 Å². The first-order chi connectivity index (χ1) is 10.8. The van der Waals surface area contributed by atoms with Crippen molar-refractivity contribution in [3.8, 4) is 0 Å². The minimum atomic E-state index is -0.469. The van der Waals surface area contributed by atoms with Crippen molar-refractivity contribution in [3.63, 3.8) is 0 Å². The molecule has 1 aromatic rings. The first-order valence-corrected chi connectivity index (χ1v) is 7.56. The van der Waals surface area contributed by atoms with Crippen LogP contribution in [0, 0.1) is 0 Å². The van der Waals surface area contributed by atoms with Crippen molar-refractivity contribution in [3.05, 3.63) is 12.2 Å². The van der Waals surface area contributed by atoms with Crippen LogP contribution in [-0.4, -0.2) is 63.5 Å². The molecule has 0 atom stereocenters. The smallest absolute Gasteiger partial charge is 0.410 e. The van der Waals surface area contributed by atoms with Crippen LogP contribution >= 0.6 is 24.0 Å². The number of halogens is 1. The van der Waals surface area contributed by atoms with Crippen molar-refractivity contribution in [1.82, 2.24) is 30.3 Å². The second kappa shape index (κ2) is 8.49. The maximum absolute atomic E-state index is 11.9. The van der Waals surface area contributed by atoms with Gasteiger partial charge in [-0.05, 0) is 20.8 Å². The fourth-order valence-corrected chi connectivity index (χ4v) is 2.06. The number of aliphatic imine (C=N–C) groups is 1. The van der Waals surface area contributed by atoms with Crippen LogP contribution in [-0.2, 0) is 18.3 Å². The lowest BCUT2D eigenvalue weighted by Crippen LogP contribution is -2.63. The molecule has 1 aliphatic rings. The van der Waals surface area contributed by atoms with Crippen LogP contribution in [0.5, 0.6) is 0 Å². The number of ether oxygens (including phenoxy) is 1. The van der Waals surface area contributed by atoms with Crippen LogP contribution in [0.4, 0.5) is 4.79 Å². The Hall–Kier alpha value is -1.59. The number of likely N-dealkylation sites (tertiary alicyclic amines) is 1. The van der Waals surface area contributed by atoms with Crippen molar-refractivity contribution < 1.29 is 9.53 Å². The van der Waals surface area contributed by atoms with Crippen LogP contribution in [0.1, 0.15) is 26.6 Å². The zero-order chi connectivity index (χ0) is 17.0. The molecule has 1 aliphatic heterocycles. The highest BCUT2D eigenvalue weighted by atomic mass is 127. The second-order valence-corrected chi connectivity index (χ2v) is 6.51. The van der Waals surface area contributed by atoms with E-state index in [1.165, 1.54) is 0 Å². The fraction of sp³-hybridized carbons (Fsp3) is 0.714. The molecule has 2 N–H and O–H groups in total. The Balaban J connectivity index is 0.00000288. The summed E-state index contributed by atoms with van der Waals surface area (Å²) in [6.07, 6.45) is 1.37. The average Bonchev–Trinajstić information content (AvgIpc) is 2.80. The molecule has 0 bridgehead atoms. The van der Waals surface area contributed by atoms with E-state index >= 15 is 0 Å². The molecule has 1 amide bonds. The van der Waals surface area contributed by atoms with Crippen LogP contribution < -0.4 is 10.6 Å². The van der Waals surface area contributed by atoms with E-state index < -0.39 is 5.60 Å². The van der Waals surface area contributed by atoms with Crippen molar-refractivity contribution in [1.29, 1.82) is 0 Å². The molecule has 10 heteroatoms. The van der Waals surface area contributed by atoms with E-state index in [1.54, 1.807) is 18.3 Å². The zero-order valence-electron chi connectivity index (χ0n) is 14.7. The van der Waals surface area contributed by atoms with Crippen LogP contribution in [0.15, 0.2) is 11.3 Å². The number of carbonyl (C=O) groups is 1. The maximum Gasteiger partial charge on any atom is 0.410 e. The van der Waals surface area contributed by atoms with Gasteiger partial charge in [-0.15, -0.1) is 34.2 Å². The Labute approximate surface area is 159 Å². The number of carbonyl (C=O) groups excluding carboxylic acids is 1. The van der Waals surface area contributed by atoms with Crippen molar-refractivity contribution in [2.45, 2.75) is 39.0 Å². The molecular weight excluding hydrogens is 425 g/mol. The van der Waals surface area contributed by atoms with Gasteiger partial charge in [-0.1, -0.05) is 0 Å². The molecule has 9 nitrogen and oxygen atoms in total. The number of nitrogens with zero attached hydrogens (tertiary/aromatic N) is 5. The third-order valence-corrected chi connectivity index (χ3v) is 3.32. The summed E-state index contributed by atoms with van der Waals surface area (Å²) in [6.45, 7) is 7.30. The molecular formula is C14H26IN7O2. The third-order valence-electron chi connectivity index (χ3n) is 3.32. The maximum atomic E-state index is 11.9. The van der Waals surface area contributed by atoms with Gasteiger partial charge in [0.2, 0.25) is 0 Å². The number of aromatic nitrogens is 3. The van der Waals surface area contributed by atoms with E-state index in [0.717, 1.165) is 5.82 Å². The summed E-state index contributed by atoms with van der Waals surface area (Å²) in [5.41, 5.74) is -0.469. The first-order valence-electron chi connectivity index (χ1n) is 7.56. The number of guanidine groups is 1. The molecule has 0 unspecified atom stereocenters. The summed E-state index contributed by atoms with van der Waals surface area (Å²) in [5.74, 6) is 1.48. The lowest BCUT2D eigenvalue weighted by atomic mass is 10.1. The van der Waals surface area contributed by atoms with E-state index in [2.05, 4.69) is 25.8 Å². The Bertz CT molecular complexity index is 576. The van der Waals surface area contributed by atoms with Gasteiger partial charge in [-0.2, -0.15) is 0 Å². The van der Waals surface area contributed by atoms with Crippen molar-refractivity contribution in [2.24, 2.45) is 12.0 Å². The molecule has 1 fully saturated rings. The van der Waals surface area contributed by atoms with E-state index in [-0.39, 0.29) is 36.1 Å². The molecule has 1 aromatic heterocycles. The molecule has 0 spiro atoms. The van der Waals surface area contributed by atoms with Crippen LogP contribution in [0.25, 0.3) is 0 Å². The summed E-state index contributed by atoms with van der Waals surface area (Å²) in [4.78, 5) is 17.7. The summed E-state index contributed by atoms with van der Waals surface area (Å²) in [7, 11) is 3.59. The largest absolute Gasteiger partial charge is 0.444 e. The van der Waals surface area contributed by atoms with Gasteiger partial charge < -0.3 is 24.8 Å². The average molecular weight is 451 g/mol. The van der Waals surface area contributed by atoms with E-state index in [4.69, 9.17) is 4.74 Å². The molecule has 0 saturated carbocycles. The predicted molar refractivity (Wildman–Crippen MR) is 101 cm³/mol. The predicted octanol–water partition coefficient (Wildman–Crippen LogP) is 0.717. The summed E-state index contributed by atoms with van der Waals surface area (Å²) in [6, 6.07) is 0.160. The Morgan fingerprint density at radius 1 is 1.46 bits per heavy atom. The highest BCUT2D eigenvalue weighted by molar-refractivity contribution is 14.0. The number of aryl methyl sites for hydroxylation is 1. The lowest BCUT2D eigenvalue weighted by Gasteiger charge is -2.40. The van der Waals surface area contributed by atoms with Gasteiger partial charge in [0.15, 0.2) is 11.8 Å². The number of rotatable bonds is 3. The van der Waals surface area contributed by atoms with Crippen molar-refractivity contribution >= 4 is 36.0 Å². The molecule has 24 heavy (non-hydrogen) atoms. The number of nitrogens with one attached hydrogen (secondary N) is 2. The van der Waals surface area contributed by atoms with Gasteiger partial charge >= 0.3 is 6.09 Å². The second-order valence-electron chi connectivity index (χ2n) is 6.51. The highest BCUT2D eigenvalue weighted by Gasteiger charge is 2.34. The monoisotopic (exact) mass is 451 g/mol. The minimum Gasteiger partial charge on any atom is -0.444 e. The highest BCUT2D eigenvalue weighted by Crippen LogP contribution is 2.15. The Kier molecular flexibility index (Phi) is 7.24. The third kappa shape index (κ3) is 5.80. The van der Waals surface area contributed by atoms with Gasteiger partial charge in [0.25, 0.3) is 0 Å². The number of hydrogen-bond donors (Lipinski definition) is 2. The van der Waals surface area contributed by atoms with Gasteiger partial charge in [0, 0.05) is 27.2 Å². The van der Waals surface area contributed by atoms with Gasteiger partial charge in [0.1, 0.15) is 11.9 Å². The van der Waals surface area contributed by atoms with E-state index in [1.807, 2.05) is 32.4 Å². The fourth-order valence-electron chi connectivity index (χ4n) is 2.06. The summed E-state index contributed by atoms with van der Waals surface area (Å²) < 4.78 is 7.17. The van der Waals surface area contributed by atoms with Gasteiger partial charge in [-0.25, -0.2) is 4.79 Å². The Morgan fingerprint density at radius 3 is 2.62 bits per heavy atom. The van der Waals surface area contributed by atoms with E-state index in [0.29, 0.717) is 25.6 Å². The zero-order valence-corrected chi connectivity index (χ0v) is 17.1. The van der Waals surface area contributed by atoms with E-state index in [9.17, 15) is 4.79 Å². The number of hydrogen-bond acceptors (Lipinski definition) is 5. The molecule has 1 saturated heterocycles. The van der Waals surface area contributed by atoms with Crippen LogP contribution in [0.3, 0.4) is 0 Å². The normalized spacial score (nSPS) is 15.4. The Morgan fingerprint density at radius 2 is 2.12 bits per heavy atom. The topological polar surface area (TPSA) is 96.7 Å². The molecule has 2 rings (SSSR count). The minimum absolute atomic E-state index is 0. The molecule has 0 aliphatic carbocycles. The molecule has 0 aromatic carbocycles. The summed E-state index contributed by atoms with van der Waals surface area (Å²) >= 11 is 0. The van der Waals surface area contributed by atoms with Crippen LogP contribution in [0.2, 0.25) is 0 Å². The van der Waals surface area contributed by atoms with Crippen molar-refractivity contribution in [2.75, 3.05) is 20.1 Å². The number of amides is 1. The summed E-state index contributed by atoms with van der Waals surface area (Å²) in [5, 5.41) is 14.3. The molecule has 2 heterocycles. The SMILES string of the molecule is CN=C(NCc1nncn1C)NC1CN(C(=O)OC(C)(C)C)C1.I. The molecule has 0 radical (unpaired) electrons. The quantitative estimate of drug-likeness (QED) is 0.400. The first kappa shape index (κ1) is 20.5. The molecule has 136 valence electrons. The lowest BCUT2D eigenvalue weighted by molar-refractivity contribution is 0.00701. The standard InChI is InChI=1S/C14H25N7O2.HI/c1-14(2,3)23-13(22)21-7-10(8-21)18-12(15-4)16-6-11-19-17-9-20(11)5;/h9-10H,6-8H2,1-5H3,(H2,15,16,18);1H. The van der Waals surface area contributed by atoms with Gasteiger partial charge in [-0.3, -0.25) is 4.99 Å².